The summed E-state index contributed by atoms with van der Waals surface area (Å²) in [7, 11) is 1.66. The molecule has 1 saturated heterocycles. The second-order valence-electron chi connectivity index (χ2n) is 4.97. The summed E-state index contributed by atoms with van der Waals surface area (Å²) in [5, 5.41) is 6.30. The third-order valence-electron chi connectivity index (χ3n) is 3.90. The van der Waals surface area contributed by atoms with Gasteiger partial charge in [-0.2, -0.15) is 10.1 Å². The van der Waals surface area contributed by atoms with E-state index in [2.05, 4.69) is 15.4 Å². The predicted octanol–water partition coefficient (Wildman–Crippen LogP) is -0.378. The Morgan fingerprint density at radius 1 is 1.33 bits per heavy atom. The molecule has 1 aromatic rings. The largest absolute Gasteiger partial charge is 0.334 e. The van der Waals surface area contributed by atoms with E-state index in [1.807, 2.05) is 0 Å². The average molecular weight is 249 g/mol. The van der Waals surface area contributed by atoms with Gasteiger partial charge >= 0.3 is 11.8 Å². The Morgan fingerprint density at radius 2 is 2.00 bits per heavy atom. The molecule has 7 nitrogen and oxygen atoms in total. The summed E-state index contributed by atoms with van der Waals surface area (Å²) < 4.78 is 1.42. The van der Waals surface area contributed by atoms with Gasteiger partial charge < -0.3 is 4.90 Å². The van der Waals surface area contributed by atoms with Crippen molar-refractivity contribution < 1.29 is 9.59 Å². The van der Waals surface area contributed by atoms with Gasteiger partial charge in [0.25, 0.3) is 0 Å². The number of hydrogen-bond acceptors (Lipinski definition) is 4. The van der Waals surface area contributed by atoms with Crippen molar-refractivity contribution in [3.8, 4) is 0 Å². The van der Waals surface area contributed by atoms with Crippen molar-refractivity contribution in [3.63, 3.8) is 0 Å². The Balaban J connectivity index is 1.62. The molecule has 2 fully saturated rings. The first-order chi connectivity index (χ1) is 8.65. The Labute approximate surface area is 104 Å². The molecule has 2 atom stereocenters. The third kappa shape index (κ3) is 1.75. The van der Waals surface area contributed by atoms with E-state index in [-0.39, 0.29) is 5.95 Å². The van der Waals surface area contributed by atoms with Crippen LogP contribution in [0.3, 0.4) is 0 Å². The molecular formula is C11H15N5O2. The van der Waals surface area contributed by atoms with E-state index < -0.39 is 11.8 Å². The Morgan fingerprint density at radius 3 is 2.50 bits per heavy atom. The number of carbonyl (C=O) groups is 2. The van der Waals surface area contributed by atoms with Crippen molar-refractivity contribution in [2.45, 2.75) is 12.8 Å². The molecule has 7 heteroatoms. The number of amides is 2. The van der Waals surface area contributed by atoms with E-state index in [1.54, 1.807) is 11.9 Å². The topological polar surface area (TPSA) is 80.1 Å². The number of carbonyl (C=O) groups excluding carboxylic acids is 2. The summed E-state index contributed by atoms with van der Waals surface area (Å²) in [6.07, 6.45) is 3.69. The molecule has 1 saturated carbocycles. The lowest BCUT2D eigenvalue weighted by Crippen LogP contribution is -2.38. The van der Waals surface area contributed by atoms with E-state index in [0.29, 0.717) is 11.8 Å². The molecular weight excluding hydrogens is 234 g/mol. The molecule has 2 heterocycles. The minimum Gasteiger partial charge on any atom is -0.334 e. The van der Waals surface area contributed by atoms with Crippen molar-refractivity contribution in [2.24, 2.45) is 18.9 Å². The fourth-order valence-electron chi connectivity index (χ4n) is 2.63. The van der Waals surface area contributed by atoms with Gasteiger partial charge in [0.15, 0.2) is 0 Å². The van der Waals surface area contributed by atoms with E-state index in [0.717, 1.165) is 13.1 Å². The lowest BCUT2D eigenvalue weighted by atomic mass is 9.77. The average Bonchev–Trinajstić information content (AvgIpc) is 2.84. The number of aromatic nitrogens is 3. The first-order valence-electron chi connectivity index (χ1n) is 6.09. The molecule has 0 spiro atoms. The maximum Gasteiger partial charge on any atom is 0.316 e. The van der Waals surface area contributed by atoms with Gasteiger partial charge in [0.05, 0.1) is 0 Å². The van der Waals surface area contributed by atoms with Crippen molar-refractivity contribution >= 4 is 17.8 Å². The van der Waals surface area contributed by atoms with Crippen molar-refractivity contribution in [1.82, 2.24) is 19.7 Å². The van der Waals surface area contributed by atoms with Gasteiger partial charge in [0.1, 0.15) is 6.33 Å². The highest BCUT2D eigenvalue weighted by Crippen LogP contribution is 2.40. The molecule has 2 aliphatic rings. The van der Waals surface area contributed by atoms with Gasteiger partial charge in [-0.15, -0.1) is 0 Å². The lowest BCUT2D eigenvalue weighted by Gasteiger charge is -2.27. The zero-order chi connectivity index (χ0) is 12.7. The molecule has 0 radical (unpaired) electrons. The fourth-order valence-corrected chi connectivity index (χ4v) is 2.63. The monoisotopic (exact) mass is 249 g/mol. The number of rotatable bonds is 1. The number of nitrogens with one attached hydrogen (secondary N) is 1. The van der Waals surface area contributed by atoms with Crippen molar-refractivity contribution in [3.05, 3.63) is 6.33 Å². The van der Waals surface area contributed by atoms with Gasteiger partial charge in [0.2, 0.25) is 5.95 Å². The van der Waals surface area contributed by atoms with E-state index in [9.17, 15) is 9.59 Å². The summed E-state index contributed by atoms with van der Waals surface area (Å²) in [5.74, 6) is 0.406. The van der Waals surface area contributed by atoms with Crippen LogP contribution in [0.4, 0.5) is 5.95 Å². The summed E-state index contributed by atoms with van der Waals surface area (Å²) in [5.41, 5.74) is 0. The second kappa shape index (κ2) is 4.08. The van der Waals surface area contributed by atoms with Crippen LogP contribution in [-0.2, 0) is 16.6 Å². The SMILES string of the molecule is Cn1ncnc1NC(=O)C(=O)N1C[C@H]2CC[C@H]2C1. The van der Waals surface area contributed by atoms with E-state index >= 15 is 0 Å². The molecule has 1 N–H and O–H groups in total. The van der Waals surface area contributed by atoms with Crippen LogP contribution in [0.2, 0.25) is 0 Å². The molecule has 0 unspecified atom stereocenters. The smallest absolute Gasteiger partial charge is 0.316 e. The summed E-state index contributed by atoms with van der Waals surface area (Å²) >= 11 is 0. The molecule has 0 bridgehead atoms. The van der Waals surface area contributed by atoms with Crippen LogP contribution in [0.1, 0.15) is 12.8 Å². The first-order valence-corrected chi connectivity index (χ1v) is 6.09. The highest BCUT2D eigenvalue weighted by atomic mass is 16.2. The van der Waals surface area contributed by atoms with Gasteiger partial charge in [-0.3, -0.25) is 14.9 Å². The highest BCUT2D eigenvalue weighted by Gasteiger charge is 2.42. The van der Waals surface area contributed by atoms with Crippen molar-refractivity contribution in [2.75, 3.05) is 18.4 Å². The van der Waals surface area contributed by atoms with Gasteiger partial charge in [-0.1, -0.05) is 0 Å². The minimum absolute atomic E-state index is 0.288. The Kier molecular flexibility index (Phi) is 2.53. The zero-order valence-electron chi connectivity index (χ0n) is 10.2. The fraction of sp³-hybridized carbons (Fsp3) is 0.636. The highest BCUT2D eigenvalue weighted by molar-refractivity contribution is 6.39. The Hall–Kier alpha value is -1.92. The van der Waals surface area contributed by atoms with Gasteiger partial charge in [0, 0.05) is 20.1 Å². The third-order valence-corrected chi connectivity index (χ3v) is 3.90. The van der Waals surface area contributed by atoms with E-state index in [4.69, 9.17) is 0 Å². The lowest BCUT2D eigenvalue weighted by molar-refractivity contribution is -0.142. The summed E-state index contributed by atoms with van der Waals surface area (Å²) in [4.78, 5) is 29.3. The molecule has 0 aromatic carbocycles. The van der Waals surface area contributed by atoms with Crippen molar-refractivity contribution in [1.29, 1.82) is 0 Å². The standard InChI is InChI=1S/C11H15N5O2/c1-15-11(12-6-13-15)14-9(17)10(18)16-4-7-2-3-8(7)5-16/h6-8H,2-5H2,1H3,(H,12,13,14,17)/t7-,8+. The molecule has 1 aromatic heterocycles. The van der Waals surface area contributed by atoms with Gasteiger partial charge in [-0.05, 0) is 24.7 Å². The normalized spacial score (nSPS) is 25.5. The number of anilines is 1. The van der Waals surface area contributed by atoms with Crippen LogP contribution in [0.5, 0.6) is 0 Å². The Bertz CT molecular complexity index is 485. The van der Waals surface area contributed by atoms with Crippen LogP contribution >= 0.6 is 0 Å². The second-order valence-corrected chi connectivity index (χ2v) is 4.97. The first kappa shape index (κ1) is 11.2. The quantitative estimate of drug-likeness (QED) is 0.688. The molecule has 2 amide bonds. The molecule has 96 valence electrons. The van der Waals surface area contributed by atoms with Gasteiger partial charge in [-0.25, -0.2) is 4.68 Å². The number of aryl methyl sites for hydroxylation is 1. The predicted molar refractivity (Wildman–Crippen MR) is 62.4 cm³/mol. The summed E-state index contributed by atoms with van der Waals surface area (Å²) in [6, 6.07) is 0. The molecule has 18 heavy (non-hydrogen) atoms. The summed E-state index contributed by atoms with van der Waals surface area (Å²) in [6.45, 7) is 1.44. The molecule has 3 rings (SSSR count). The van der Waals surface area contributed by atoms with Crippen LogP contribution < -0.4 is 5.32 Å². The van der Waals surface area contributed by atoms with Crippen LogP contribution in [-0.4, -0.2) is 44.6 Å². The maximum absolute atomic E-state index is 12.0. The molecule has 1 aliphatic carbocycles. The minimum atomic E-state index is -0.632. The number of fused-ring (bicyclic) bond motifs is 1. The maximum atomic E-state index is 12.0. The number of likely N-dealkylation sites (tertiary alicyclic amines) is 1. The molecule has 1 aliphatic heterocycles. The number of hydrogen-bond donors (Lipinski definition) is 1. The van der Waals surface area contributed by atoms with Crippen LogP contribution in [0.15, 0.2) is 6.33 Å². The number of nitrogens with zero attached hydrogens (tertiary/aromatic N) is 4. The van der Waals surface area contributed by atoms with E-state index in [1.165, 1.54) is 23.9 Å². The van der Waals surface area contributed by atoms with Crippen LogP contribution in [0, 0.1) is 11.8 Å². The van der Waals surface area contributed by atoms with Crippen LogP contribution in [0.25, 0.3) is 0 Å². The zero-order valence-corrected chi connectivity index (χ0v) is 10.2.